The molecule has 0 radical (unpaired) electrons. The second kappa shape index (κ2) is 8.15. The lowest BCUT2D eigenvalue weighted by Crippen LogP contribution is -2.30. The van der Waals surface area contributed by atoms with Crippen LogP contribution in [0.1, 0.15) is 39.7 Å². The minimum absolute atomic E-state index is 0.219. The largest absolute Gasteiger partial charge is 0.383 e. The van der Waals surface area contributed by atoms with Crippen molar-refractivity contribution in [2.75, 3.05) is 29.9 Å². The van der Waals surface area contributed by atoms with Gasteiger partial charge in [-0.3, -0.25) is 0 Å². The van der Waals surface area contributed by atoms with Crippen molar-refractivity contribution in [1.29, 1.82) is 0 Å². The number of nitrogens with one attached hydrogen (secondary N) is 1. The summed E-state index contributed by atoms with van der Waals surface area (Å²) in [5, 5.41) is 3.48. The summed E-state index contributed by atoms with van der Waals surface area (Å²) < 4.78 is 0. The highest BCUT2D eigenvalue weighted by atomic mass is 15.1. The van der Waals surface area contributed by atoms with Gasteiger partial charge in [-0.2, -0.15) is 0 Å². The van der Waals surface area contributed by atoms with Gasteiger partial charge in [-0.15, -0.1) is 0 Å². The number of hydrogen-bond donors (Lipinski definition) is 2. The van der Waals surface area contributed by atoms with Gasteiger partial charge in [-0.1, -0.05) is 13.8 Å². The first-order chi connectivity index (χ1) is 9.47. The van der Waals surface area contributed by atoms with Gasteiger partial charge < -0.3 is 16.0 Å². The normalized spacial score (nSPS) is 12.6. The molecule has 0 saturated heterocycles. The molecule has 1 aromatic rings. The quantitative estimate of drug-likeness (QED) is 0.762. The molecule has 0 spiro atoms. The number of benzene rings is 1. The van der Waals surface area contributed by atoms with E-state index in [1.54, 1.807) is 0 Å². The smallest absolute Gasteiger partial charge is 0.0371 e. The van der Waals surface area contributed by atoms with Crippen LogP contribution in [0.15, 0.2) is 18.2 Å². The number of hydrogen-bond acceptors (Lipinski definition) is 3. The maximum absolute atomic E-state index is 6.12. The predicted octanol–water partition coefficient (Wildman–Crippen LogP) is 3.63. The van der Waals surface area contributed by atoms with Crippen LogP contribution in [0.5, 0.6) is 0 Å². The van der Waals surface area contributed by atoms with Gasteiger partial charge in [-0.25, -0.2) is 0 Å². The van der Waals surface area contributed by atoms with Gasteiger partial charge in [0.25, 0.3) is 0 Å². The second-order valence-corrected chi connectivity index (χ2v) is 5.94. The van der Waals surface area contributed by atoms with Gasteiger partial charge in [0, 0.05) is 37.1 Å². The molecule has 0 amide bonds. The number of nitrogens with two attached hydrogens (primary N) is 1. The Morgan fingerprint density at radius 1 is 1.20 bits per heavy atom. The van der Waals surface area contributed by atoms with Crippen LogP contribution >= 0.6 is 0 Å². The first kappa shape index (κ1) is 16.8. The van der Waals surface area contributed by atoms with Crippen LogP contribution in [0.25, 0.3) is 0 Å². The maximum Gasteiger partial charge on any atom is 0.0371 e. The standard InChI is InChI=1S/C17H31N3/c1-6-20(7-2)16-8-9-17(14(5)11-16)19-12-15(18)10-13(3)4/h8-9,11,13,15,19H,6-7,10,12,18H2,1-5H3. The molecular formula is C17H31N3. The summed E-state index contributed by atoms with van der Waals surface area (Å²) in [6, 6.07) is 6.84. The van der Waals surface area contributed by atoms with Crippen LogP contribution in [-0.4, -0.2) is 25.7 Å². The summed E-state index contributed by atoms with van der Waals surface area (Å²) in [4.78, 5) is 2.36. The molecule has 0 fully saturated rings. The van der Waals surface area contributed by atoms with Gasteiger partial charge in [0.15, 0.2) is 0 Å². The third-order valence-electron chi connectivity index (χ3n) is 3.67. The van der Waals surface area contributed by atoms with E-state index in [0.717, 1.165) is 26.1 Å². The monoisotopic (exact) mass is 277 g/mol. The molecular weight excluding hydrogens is 246 g/mol. The molecule has 0 aliphatic heterocycles. The Bertz CT molecular complexity index is 397. The minimum Gasteiger partial charge on any atom is -0.383 e. The number of aryl methyl sites for hydroxylation is 1. The Morgan fingerprint density at radius 3 is 2.35 bits per heavy atom. The Kier molecular flexibility index (Phi) is 6.86. The summed E-state index contributed by atoms with van der Waals surface area (Å²) in [5.41, 5.74) is 9.90. The Morgan fingerprint density at radius 2 is 1.85 bits per heavy atom. The zero-order valence-corrected chi connectivity index (χ0v) is 13.7. The molecule has 3 heteroatoms. The third-order valence-corrected chi connectivity index (χ3v) is 3.67. The molecule has 0 saturated carbocycles. The van der Waals surface area contributed by atoms with Crippen molar-refractivity contribution in [1.82, 2.24) is 0 Å². The molecule has 0 aliphatic rings. The summed E-state index contributed by atoms with van der Waals surface area (Å²) in [7, 11) is 0. The first-order valence-corrected chi connectivity index (χ1v) is 7.82. The Hall–Kier alpha value is -1.22. The lowest BCUT2D eigenvalue weighted by molar-refractivity contribution is 0.508. The molecule has 1 aromatic carbocycles. The van der Waals surface area contributed by atoms with Crippen molar-refractivity contribution < 1.29 is 0 Å². The van der Waals surface area contributed by atoms with E-state index in [-0.39, 0.29) is 6.04 Å². The molecule has 0 heterocycles. The summed E-state index contributed by atoms with van der Waals surface area (Å²) in [5.74, 6) is 0.651. The van der Waals surface area contributed by atoms with Crippen molar-refractivity contribution >= 4 is 11.4 Å². The maximum atomic E-state index is 6.12. The molecule has 114 valence electrons. The Balaban J connectivity index is 2.64. The summed E-state index contributed by atoms with van der Waals surface area (Å²) in [6.45, 7) is 13.9. The van der Waals surface area contributed by atoms with Crippen molar-refractivity contribution in [3.05, 3.63) is 23.8 Å². The van der Waals surface area contributed by atoms with E-state index in [9.17, 15) is 0 Å². The zero-order valence-electron chi connectivity index (χ0n) is 13.7. The molecule has 0 aliphatic carbocycles. The number of nitrogens with zero attached hydrogens (tertiary/aromatic N) is 1. The highest BCUT2D eigenvalue weighted by Crippen LogP contribution is 2.22. The van der Waals surface area contributed by atoms with Gasteiger partial charge in [0.1, 0.15) is 0 Å². The molecule has 0 bridgehead atoms. The third kappa shape index (κ3) is 5.04. The van der Waals surface area contributed by atoms with E-state index in [0.29, 0.717) is 5.92 Å². The highest BCUT2D eigenvalue weighted by molar-refractivity contribution is 5.60. The van der Waals surface area contributed by atoms with Crippen molar-refractivity contribution in [3.63, 3.8) is 0 Å². The topological polar surface area (TPSA) is 41.3 Å². The minimum atomic E-state index is 0.219. The number of anilines is 2. The first-order valence-electron chi connectivity index (χ1n) is 7.82. The van der Waals surface area contributed by atoms with Crippen molar-refractivity contribution in [2.45, 2.75) is 47.1 Å². The van der Waals surface area contributed by atoms with E-state index < -0.39 is 0 Å². The highest BCUT2D eigenvalue weighted by Gasteiger charge is 2.08. The summed E-state index contributed by atoms with van der Waals surface area (Å²) >= 11 is 0. The fourth-order valence-corrected chi connectivity index (χ4v) is 2.56. The van der Waals surface area contributed by atoms with Gasteiger partial charge in [0.2, 0.25) is 0 Å². The predicted molar refractivity (Wildman–Crippen MR) is 90.7 cm³/mol. The summed E-state index contributed by atoms with van der Waals surface area (Å²) in [6.07, 6.45) is 1.06. The fraction of sp³-hybridized carbons (Fsp3) is 0.647. The molecule has 1 rings (SSSR count). The van der Waals surface area contributed by atoms with Crippen molar-refractivity contribution in [2.24, 2.45) is 11.7 Å². The van der Waals surface area contributed by atoms with Crippen LogP contribution < -0.4 is 16.0 Å². The molecule has 3 nitrogen and oxygen atoms in total. The fourth-order valence-electron chi connectivity index (χ4n) is 2.56. The van der Waals surface area contributed by atoms with Gasteiger partial charge in [-0.05, 0) is 56.9 Å². The molecule has 1 unspecified atom stereocenters. The van der Waals surface area contributed by atoms with E-state index >= 15 is 0 Å². The zero-order chi connectivity index (χ0) is 15.1. The van der Waals surface area contributed by atoms with Crippen LogP contribution in [0, 0.1) is 12.8 Å². The average Bonchev–Trinajstić information content (AvgIpc) is 2.38. The molecule has 3 N–H and O–H groups in total. The van der Waals surface area contributed by atoms with Crippen LogP contribution in [-0.2, 0) is 0 Å². The van der Waals surface area contributed by atoms with Gasteiger partial charge >= 0.3 is 0 Å². The van der Waals surface area contributed by atoms with E-state index in [1.807, 2.05) is 0 Å². The van der Waals surface area contributed by atoms with Gasteiger partial charge in [0.05, 0.1) is 0 Å². The average molecular weight is 277 g/mol. The number of rotatable bonds is 8. The lowest BCUT2D eigenvalue weighted by atomic mass is 10.0. The van der Waals surface area contributed by atoms with E-state index in [4.69, 9.17) is 5.73 Å². The molecule has 1 atom stereocenters. The SMILES string of the molecule is CCN(CC)c1ccc(NCC(N)CC(C)C)c(C)c1. The van der Waals surface area contributed by atoms with Crippen molar-refractivity contribution in [3.8, 4) is 0 Å². The van der Waals surface area contributed by atoms with E-state index in [1.165, 1.54) is 16.9 Å². The van der Waals surface area contributed by atoms with E-state index in [2.05, 4.69) is 63.0 Å². The van der Waals surface area contributed by atoms with Crippen LogP contribution in [0.3, 0.4) is 0 Å². The molecule has 20 heavy (non-hydrogen) atoms. The molecule has 0 aromatic heterocycles. The van der Waals surface area contributed by atoms with Crippen LogP contribution in [0.4, 0.5) is 11.4 Å². The second-order valence-electron chi connectivity index (χ2n) is 5.94. The lowest BCUT2D eigenvalue weighted by Gasteiger charge is -2.23. The van der Waals surface area contributed by atoms with Crippen LogP contribution in [0.2, 0.25) is 0 Å². The Labute approximate surface area is 124 Å².